The van der Waals surface area contributed by atoms with Crippen LogP contribution >= 0.6 is 24.0 Å². The van der Waals surface area contributed by atoms with Gasteiger partial charge in [0.1, 0.15) is 5.75 Å². The number of hydrogen-bond acceptors (Lipinski definition) is 4. The Labute approximate surface area is 193 Å². The first-order valence-electron chi connectivity index (χ1n) is 10.6. The van der Waals surface area contributed by atoms with Crippen molar-refractivity contribution in [2.75, 3.05) is 32.9 Å². The van der Waals surface area contributed by atoms with Crippen LogP contribution in [0.1, 0.15) is 51.2 Å². The number of guanidine groups is 1. The van der Waals surface area contributed by atoms with Gasteiger partial charge in [-0.1, -0.05) is 12.1 Å². The number of rotatable bonds is 10. The summed E-state index contributed by atoms with van der Waals surface area (Å²) in [6.45, 7) is 12.9. The molecule has 0 unspecified atom stereocenters. The molecule has 0 saturated carbocycles. The second-order valence-corrected chi connectivity index (χ2v) is 7.44. The van der Waals surface area contributed by atoms with E-state index in [0.29, 0.717) is 12.6 Å². The first-order valence-corrected chi connectivity index (χ1v) is 10.6. The third-order valence-electron chi connectivity index (χ3n) is 4.47. The van der Waals surface area contributed by atoms with Crippen LogP contribution in [0.4, 0.5) is 0 Å². The second-order valence-electron chi connectivity index (χ2n) is 7.44. The summed E-state index contributed by atoms with van der Waals surface area (Å²) in [5.74, 6) is 1.74. The minimum atomic E-state index is 0. The fourth-order valence-corrected chi connectivity index (χ4v) is 3.03. The Hall–Kier alpha value is -1.06. The maximum Gasteiger partial charge on any atom is 0.191 e. The van der Waals surface area contributed by atoms with Gasteiger partial charge in [-0.3, -0.25) is 0 Å². The number of halogens is 1. The molecule has 1 aromatic carbocycles. The van der Waals surface area contributed by atoms with E-state index in [1.807, 2.05) is 13.8 Å². The lowest BCUT2D eigenvalue weighted by molar-refractivity contribution is -0.0320. The molecule has 1 fully saturated rings. The largest absolute Gasteiger partial charge is 0.491 e. The average Bonchev–Trinajstić information content (AvgIpc) is 2.67. The SMILES string of the molecule is CCNC(=NCc1ccc(C)cc1OC(C)C)NCCCOC1CCOCC1.I. The van der Waals surface area contributed by atoms with Gasteiger partial charge in [0.05, 0.1) is 18.8 Å². The first-order chi connectivity index (χ1) is 13.6. The summed E-state index contributed by atoms with van der Waals surface area (Å²) in [6.07, 6.45) is 3.47. The predicted molar refractivity (Wildman–Crippen MR) is 130 cm³/mol. The fraction of sp³-hybridized carbons (Fsp3) is 0.682. The van der Waals surface area contributed by atoms with E-state index in [4.69, 9.17) is 19.2 Å². The predicted octanol–water partition coefficient (Wildman–Crippen LogP) is 4.04. The van der Waals surface area contributed by atoms with Crippen LogP contribution in [0.25, 0.3) is 0 Å². The van der Waals surface area contributed by atoms with Crippen molar-refractivity contribution in [1.82, 2.24) is 10.6 Å². The molecule has 0 aliphatic carbocycles. The van der Waals surface area contributed by atoms with Crippen molar-refractivity contribution in [2.24, 2.45) is 4.99 Å². The molecule has 0 radical (unpaired) electrons. The van der Waals surface area contributed by atoms with Gasteiger partial charge < -0.3 is 24.8 Å². The van der Waals surface area contributed by atoms with Gasteiger partial charge in [0, 0.05) is 38.5 Å². The fourth-order valence-electron chi connectivity index (χ4n) is 3.03. The lowest BCUT2D eigenvalue weighted by atomic mass is 10.1. The highest BCUT2D eigenvalue weighted by atomic mass is 127. The summed E-state index contributed by atoms with van der Waals surface area (Å²) < 4.78 is 17.2. The Balaban J connectivity index is 0.00000420. The van der Waals surface area contributed by atoms with Gasteiger partial charge in [0.25, 0.3) is 0 Å². The lowest BCUT2D eigenvalue weighted by Crippen LogP contribution is -2.38. The van der Waals surface area contributed by atoms with Crippen molar-refractivity contribution in [3.8, 4) is 5.75 Å². The number of hydrogen-bond donors (Lipinski definition) is 2. The van der Waals surface area contributed by atoms with Crippen molar-refractivity contribution in [2.45, 2.75) is 65.7 Å². The van der Waals surface area contributed by atoms with Crippen LogP contribution in [-0.4, -0.2) is 51.1 Å². The molecule has 0 spiro atoms. The van der Waals surface area contributed by atoms with E-state index in [1.54, 1.807) is 0 Å². The topological polar surface area (TPSA) is 64.1 Å². The summed E-state index contributed by atoms with van der Waals surface area (Å²) in [4.78, 5) is 4.73. The summed E-state index contributed by atoms with van der Waals surface area (Å²) >= 11 is 0. The molecule has 29 heavy (non-hydrogen) atoms. The monoisotopic (exact) mass is 519 g/mol. The number of benzene rings is 1. The van der Waals surface area contributed by atoms with E-state index in [0.717, 1.165) is 69.4 Å². The van der Waals surface area contributed by atoms with Gasteiger partial charge in [0.15, 0.2) is 5.96 Å². The molecule has 1 aliphatic heterocycles. The van der Waals surface area contributed by atoms with E-state index in [9.17, 15) is 0 Å². The van der Waals surface area contributed by atoms with Gasteiger partial charge >= 0.3 is 0 Å². The number of nitrogens with zero attached hydrogens (tertiary/aromatic N) is 1. The molecule has 0 amide bonds. The molecule has 0 bridgehead atoms. The van der Waals surface area contributed by atoms with Crippen molar-refractivity contribution in [1.29, 1.82) is 0 Å². The zero-order valence-corrected chi connectivity index (χ0v) is 20.7. The second kappa shape index (κ2) is 14.8. The minimum absolute atomic E-state index is 0. The van der Waals surface area contributed by atoms with Crippen LogP contribution in [0, 0.1) is 6.92 Å². The molecule has 2 rings (SSSR count). The molecule has 1 heterocycles. The highest BCUT2D eigenvalue weighted by Crippen LogP contribution is 2.22. The number of ether oxygens (including phenoxy) is 3. The van der Waals surface area contributed by atoms with Crippen molar-refractivity contribution >= 4 is 29.9 Å². The van der Waals surface area contributed by atoms with Crippen LogP contribution in [-0.2, 0) is 16.0 Å². The third kappa shape index (κ3) is 10.5. The standard InChI is InChI=1S/C22H37N3O3.HI/c1-5-23-22(24-11-6-12-27-20-9-13-26-14-10-20)25-16-19-8-7-18(4)15-21(19)28-17(2)3;/h7-8,15,17,20H,5-6,9-14,16H2,1-4H3,(H2,23,24,25);1H. The van der Waals surface area contributed by atoms with Crippen molar-refractivity contribution < 1.29 is 14.2 Å². The lowest BCUT2D eigenvalue weighted by Gasteiger charge is -2.22. The molecule has 7 heteroatoms. The molecule has 166 valence electrons. The molecule has 1 saturated heterocycles. The summed E-state index contributed by atoms with van der Waals surface area (Å²) in [7, 11) is 0. The normalized spacial score (nSPS) is 15.1. The minimum Gasteiger partial charge on any atom is -0.491 e. The molecule has 0 atom stereocenters. The quantitative estimate of drug-likeness (QED) is 0.212. The molecular weight excluding hydrogens is 481 g/mol. The zero-order valence-electron chi connectivity index (χ0n) is 18.3. The summed E-state index contributed by atoms with van der Waals surface area (Å²) in [6, 6.07) is 6.28. The van der Waals surface area contributed by atoms with E-state index >= 15 is 0 Å². The third-order valence-corrected chi connectivity index (χ3v) is 4.47. The smallest absolute Gasteiger partial charge is 0.191 e. The van der Waals surface area contributed by atoms with Crippen molar-refractivity contribution in [3.63, 3.8) is 0 Å². The van der Waals surface area contributed by atoms with Gasteiger partial charge in [0.2, 0.25) is 0 Å². The average molecular weight is 519 g/mol. The number of aryl methyl sites for hydroxylation is 1. The van der Waals surface area contributed by atoms with E-state index in [-0.39, 0.29) is 30.1 Å². The molecule has 6 nitrogen and oxygen atoms in total. The zero-order chi connectivity index (χ0) is 20.2. The Bertz CT molecular complexity index is 605. The van der Waals surface area contributed by atoms with Gasteiger partial charge in [-0.25, -0.2) is 4.99 Å². The first kappa shape index (κ1) is 26.0. The summed E-state index contributed by atoms with van der Waals surface area (Å²) in [5.41, 5.74) is 2.29. The molecule has 1 aromatic rings. The maximum atomic E-state index is 5.95. The number of nitrogens with one attached hydrogen (secondary N) is 2. The van der Waals surface area contributed by atoms with Crippen molar-refractivity contribution in [3.05, 3.63) is 29.3 Å². The number of aliphatic imine (C=N–C) groups is 1. The Morgan fingerprint density at radius 1 is 1.24 bits per heavy atom. The Morgan fingerprint density at radius 2 is 2.00 bits per heavy atom. The van der Waals surface area contributed by atoms with Crippen LogP contribution in [0.3, 0.4) is 0 Å². The maximum absolute atomic E-state index is 5.95. The molecule has 1 aliphatic rings. The molecule has 2 N–H and O–H groups in total. The molecule has 0 aromatic heterocycles. The van der Waals surface area contributed by atoms with E-state index < -0.39 is 0 Å². The van der Waals surface area contributed by atoms with Gasteiger partial charge in [-0.2, -0.15) is 0 Å². The van der Waals surface area contributed by atoms with Crippen LogP contribution in [0.2, 0.25) is 0 Å². The summed E-state index contributed by atoms with van der Waals surface area (Å²) in [5, 5.41) is 6.70. The molecular formula is C22H38IN3O3. The van der Waals surface area contributed by atoms with E-state index in [1.165, 1.54) is 5.56 Å². The van der Waals surface area contributed by atoms with Crippen LogP contribution in [0.15, 0.2) is 23.2 Å². The highest BCUT2D eigenvalue weighted by Gasteiger charge is 2.13. The Morgan fingerprint density at radius 3 is 2.69 bits per heavy atom. The van der Waals surface area contributed by atoms with Crippen LogP contribution in [0.5, 0.6) is 5.75 Å². The van der Waals surface area contributed by atoms with Gasteiger partial charge in [-0.05, 0) is 58.6 Å². The highest BCUT2D eigenvalue weighted by molar-refractivity contribution is 14.0. The van der Waals surface area contributed by atoms with Gasteiger partial charge in [-0.15, -0.1) is 24.0 Å². The van der Waals surface area contributed by atoms with E-state index in [2.05, 4.69) is 42.7 Å². The van der Waals surface area contributed by atoms with Crippen LogP contribution < -0.4 is 15.4 Å². The Kier molecular flexibility index (Phi) is 13.3.